The van der Waals surface area contributed by atoms with Crippen LogP contribution in [0.25, 0.3) is 0 Å². The van der Waals surface area contributed by atoms with Crippen molar-refractivity contribution in [3.8, 4) is 11.5 Å². The first-order valence-corrected chi connectivity index (χ1v) is 4.85. The highest BCUT2D eigenvalue weighted by molar-refractivity contribution is 5.34. The Hall–Kier alpha value is -1.90. The molecule has 0 fully saturated rings. The van der Waals surface area contributed by atoms with Crippen molar-refractivity contribution >= 4 is 0 Å². The number of aryl methyl sites for hydroxylation is 1. The zero-order chi connectivity index (χ0) is 11.5. The fraction of sp³-hybridized carbons (Fsp3) is 0.0769. The highest BCUT2D eigenvalue weighted by atomic mass is 19.1. The quantitative estimate of drug-likeness (QED) is 0.741. The molecule has 0 aliphatic carbocycles. The first-order valence-electron chi connectivity index (χ1n) is 4.85. The van der Waals surface area contributed by atoms with Crippen LogP contribution in [-0.2, 0) is 0 Å². The summed E-state index contributed by atoms with van der Waals surface area (Å²) in [5.41, 5.74) is 0.882. The molecular formula is C13H10F2O. The molecule has 3 heteroatoms. The van der Waals surface area contributed by atoms with Gasteiger partial charge in [-0.3, -0.25) is 0 Å². The van der Waals surface area contributed by atoms with E-state index in [2.05, 4.69) is 0 Å². The molecule has 0 saturated heterocycles. The minimum Gasteiger partial charge on any atom is -0.454 e. The maximum absolute atomic E-state index is 13.3. The third-order valence-corrected chi connectivity index (χ3v) is 2.11. The topological polar surface area (TPSA) is 9.23 Å². The minimum absolute atomic E-state index is 0.102. The molecule has 2 aromatic carbocycles. The Morgan fingerprint density at radius 2 is 1.81 bits per heavy atom. The summed E-state index contributed by atoms with van der Waals surface area (Å²) >= 11 is 0. The van der Waals surface area contributed by atoms with Crippen LogP contribution in [0.15, 0.2) is 42.5 Å². The molecule has 0 spiro atoms. The van der Waals surface area contributed by atoms with E-state index in [1.54, 1.807) is 18.2 Å². The lowest BCUT2D eigenvalue weighted by atomic mass is 10.2. The molecule has 1 nitrogen and oxygen atoms in total. The zero-order valence-electron chi connectivity index (χ0n) is 8.71. The second kappa shape index (κ2) is 4.31. The lowest BCUT2D eigenvalue weighted by molar-refractivity contribution is 0.438. The van der Waals surface area contributed by atoms with Crippen molar-refractivity contribution in [2.45, 2.75) is 6.92 Å². The Balaban J connectivity index is 2.30. The average Bonchev–Trinajstić information content (AvgIpc) is 2.24. The number of halogens is 2. The normalized spacial score (nSPS) is 10.2. The van der Waals surface area contributed by atoms with Gasteiger partial charge in [0.15, 0.2) is 11.6 Å². The smallest absolute Gasteiger partial charge is 0.165 e. The van der Waals surface area contributed by atoms with Crippen LogP contribution >= 0.6 is 0 Å². The van der Waals surface area contributed by atoms with Crippen molar-refractivity contribution in [1.82, 2.24) is 0 Å². The van der Waals surface area contributed by atoms with Gasteiger partial charge >= 0.3 is 0 Å². The second-order valence-corrected chi connectivity index (χ2v) is 3.49. The first-order chi connectivity index (χ1) is 7.65. The van der Waals surface area contributed by atoms with Gasteiger partial charge in [0.2, 0.25) is 0 Å². The van der Waals surface area contributed by atoms with E-state index in [1.807, 2.05) is 6.92 Å². The van der Waals surface area contributed by atoms with Gasteiger partial charge in [0.1, 0.15) is 11.6 Å². The fourth-order valence-corrected chi connectivity index (χ4v) is 1.35. The Labute approximate surface area is 92.3 Å². The van der Waals surface area contributed by atoms with Gasteiger partial charge in [-0.05, 0) is 36.8 Å². The van der Waals surface area contributed by atoms with Crippen LogP contribution in [0.3, 0.4) is 0 Å². The molecule has 0 aliphatic heterocycles. The van der Waals surface area contributed by atoms with E-state index in [-0.39, 0.29) is 11.5 Å². The number of ether oxygens (including phenoxy) is 1. The molecule has 0 aliphatic rings. The summed E-state index contributed by atoms with van der Waals surface area (Å²) in [7, 11) is 0. The molecule has 0 N–H and O–H groups in total. The standard InChI is InChI=1S/C13H10F2O/c1-9-5-6-12(15)13(7-9)16-11-4-2-3-10(14)8-11/h2-8H,1H3. The molecule has 0 heterocycles. The molecule has 2 aromatic rings. The third-order valence-electron chi connectivity index (χ3n) is 2.11. The lowest BCUT2D eigenvalue weighted by Crippen LogP contribution is -1.89. The Bertz CT molecular complexity index is 509. The van der Waals surface area contributed by atoms with E-state index in [9.17, 15) is 8.78 Å². The van der Waals surface area contributed by atoms with Gasteiger partial charge in [-0.2, -0.15) is 0 Å². The summed E-state index contributed by atoms with van der Waals surface area (Å²) in [5.74, 6) is -0.490. The highest BCUT2D eigenvalue weighted by Crippen LogP contribution is 2.25. The summed E-state index contributed by atoms with van der Waals surface area (Å²) < 4.78 is 31.5. The minimum atomic E-state index is -0.463. The predicted molar refractivity (Wildman–Crippen MR) is 57.6 cm³/mol. The molecule has 0 atom stereocenters. The van der Waals surface area contributed by atoms with Crippen LogP contribution in [0.1, 0.15) is 5.56 Å². The molecule has 0 radical (unpaired) electrons. The van der Waals surface area contributed by atoms with Gasteiger partial charge in [-0.1, -0.05) is 12.1 Å². The molecule has 0 unspecified atom stereocenters. The van der Waals surface area contributed by atoms with E-state index in [1.165, 1.54) is 24.3 Å². The predicted octanol–water partition coefficient (Wildman–Crippen LogP) is 4.07. The van der Waals surface area contributed by atoms with E-state index in [4.69, 9.17) is 4.74 Å². The van der Waals surface area contributed by atoms with Gasteiger partial charge in [-0.15, -0.1) is 0 Å². The van der Waals surface area contributed by atoms with Gasteiger partial charge in [0.05, 0.1) is 0 Å². The summed E-state index contributed by atoms with van der Waals surface area (Å²) in [5, 5.41) is 0. The number of hydrogen-bond donors (Lipinski definition) is 0. The highest BCUT2D eigenvalue weighted by Gasteiger charge is 2.05. The van der Waals surface area contributed by atoms with Crippen LogP contribution < -0.4 is 4.74 Å². The number of benzene rings is 2. The van der Waals surface area contributed by atoms with Crippen molar-refractivity contribution in [2.24, 2.45) is 0 Å². The van der Waals surface area contributed by atoms with E-state index >= 15 is 0 Å². The van der Waals surface area contributed by atoms with Crippen LogP contribution in [0.5, 0.6) is 11.5 Å². The van der Waals surface area contributed by atoms with E-state index < -0.39 is 11.6 Å². The van der Waals surface area contributed by atoms with Crippen LogP contribution in [0.2, 0.25) is 0 Å². The molecule has 0 aromatic heterocycles. The third kappa shape index (κ3) is 2.37. The molecule has 16 heavy (non-hydrogen) atoms. The van der Waals surface area contributed by atoms with Crippen molar-refractivity contribution in [3.63, 3.8) is 0 Å². The lowest BCUT2D eigenvalue weighted by Gasteiger charge is -2.07. The Morgan fingerprint density at radius 3 is 2.56 bits per heavy atom. The summed E-state index contributed by atoms with van der Waals surface area (Å²) in [4.78, 5) is 0. The second-order valence-electron chi connectivity index (χ2n) is 3.49. The largest absolute Gasteiger partial charge is 0.454 e. The molecular weight excluding hydrogens is 210 g/mol. The Kier molecular flexibility index (Phi) is 2.86. The van der Waals surface area contributed by atoms with Crippen molar-refractivity contribution < 1.29 is 13.5 Å². The average molecular weight is 220 g/mol. The molecule has 2 rings (SSSR count). The SMILES string of the molecule is Cc1ccc(F)c(Oc2cccc(F)c2)c1. The Morgan fingerprint density at radius 1 is 1.00 bits per heavy atom. The van der Waals surface area contributed by atoms with Gasteiger partial charge in [0.25, 0.3) is 0 Å². The van der Waals surface area contributed by atoms with Crippen molar-refractivity contribution in [2.75, 3.05) is 0 Å². The summed E-state index contributed by atoms with van der Waals surface area (Å²) in [6.07, 6.45) is 0. The number of hydrogen-bond acceptors (Lipinski definition) is 1. The molecule has 0 amide bonds. The number of rotatable bonds is 2. The fourth-order valence-electron chi connectivity index (χ4n) is 1.35. The van der Waals surface area contributed by atoms with Crippen LogP contribution in [0.4, 0.5) is 8.78 Å². The molecule has 82 valence electrons. The van der Waals surface area contributed by atoms with Gasteiger partial charge in [0, 0.05) is 6.07 Å². The van der Waals surface area contributed by atoms with Gasteiger partial charge in [-0.25, -0.2) is 8.78 Å². The molecule has 0 bridgehead atoms. The summed E-state index contributed by atoms with van der Waals surface area (Å²) in [6, 6.07) is 10.1. The van der Waals surface area contributed by atoms with Crippen LogP contribution in [0, 0.1) is 18.6 Å². The first kappa shape index (κ1) is 10.6. The maximum Gasteiger partial charge on any atom is 0.165 e. The van der Waals surface area contributed by atoms with Gasteiger partial charge < -0.3 is 4.74 Å². The maximum atomic E-state index is 13.3. The van der Waals surface area contributed by atoms with Crippen molar-refractivity contribution in [1.29, 1.82) is 0 Å². The van der Waals surface area contributed by atoms with E-state index in [0.29, 0.717) is 0 Å². The van der Waals surface area contributed by atoms with Crippen molar-refractivity contribution in [3.05, 3.63) is 59.7 Å². The zero-order valence-corrected chi connectivity index (χ0v) is 8.71. The monoisotopic (exact) mass is 220 g/mol. The summed E-state index contributed by atoms with van der Waals surface area (Å²) in [6.45, 7) is 1.83. The van der Waals surface area contributed by atoms with E-state index in [0.717, 1.165) is 5.56 Å². The van der Waals surface area contributed by atoms with Crippen LogP contribution in [-0.4, -0.2) is 0 Å². The molecule has 0 saturated carbocycles.